The van der Waals surface area contributed by atoms with Crippen LogP contribution < -0.4 is 9.64 Å². The summed E-state index contributed by atoms with van der Waals surface area (Å²) in [5, 5.41) is 0. The van der Waals surface area contributed by atoms with Crippen molar-refractivity contribution in [2.45, 2.75) is 26.6 Å². The Bertz CT molecular complexity index is 648. The van der Waals surface area contributed by atoms with E-state index >= 15 is 0 Å². The van der Waals surface area contributed by atoms with Crippen LogP contribution in [0.3, 0.4) is 0 Å². The van der Waals surface area contributed by atoms with E-state index in [1.54, 1.807) is 13.1 Å². The molecule has 0 aliphatic carbocycles. The zero-order valence-electron chi connectivity index (χ0n) is 14.0. The molecule has 2 aromatic carbocycles. The molecule has 0 fully saturated rings. The number of nitrogens with zero attached hydrogens (tertiary/aromatic N) is 1. The van der Waals surface area contributed by atoms with Gasteiger partial charge in [0.15, 0.2) is 0 Å². The van der Waals surface area contributed by atoms with Gasteiger partial charge in [-0.25, -0.2) is 4.79 Å². The molecule has 0 atom stereocenters. The minimum Gasteiger partial charge on any atom is -0.489 e. The predicted molar refractivity (Wildman–Crippen MR) is 95.9 cm³/mol. The molecule has 128 valence electrons. The monoisotopic (exact) mass is 347 g/mol. The molecular formula is C18H21NO4S. The summed E-state index contributed by atoms with van der Waals surface area (Å²) in [5.74, 6) is 0.627. The maximum atomic E-state index is 12.1. The van der Waals surface area contributed by atoms with Crippen LogP contribution in [0.1, 0.15) is 19.4 Å². The Kier molecular flexibility index (Phi) is 6.96. The van der Waals surface area contributed by atoms with Gasteiger partial charge in [0.25, 0.3) is 0 Å². The van der Waals surface area contributed by atoms with Gasteiger partial charge in [-0.2, -0.15) is 0 Å². The van der Waals surface area contributed by atoms with E-state index in [1.165, 1.54) is 4.90 Å². The number of para-hydroxylation sites is 2. The van der Waals surface area contributed by atoms with Gasteiger partial charge in [0.1, 0.15) is 5.75 Å². The zero-order valence-corrected chi connectivity index (χ0v) is 14.8. The van der Waals surface area contributed by atoms with Crippen LogP contribution in [0.4, 0.5) is 10.5 Å². The average molecular weight is 347 g/mol. The molecule has 0 N–H and O–H groups in total. The molecule has 0 bridgehead atoms. The van der Waals surface area contributed by atoms with Gasteiger partial charge >= 0.3 is 6.09 Å². The van der Waals surface area contributed by atoms with Crippen molar-refractivity contribution < 1.29 is 17.9 Å². The van der Waals surface area contributed by atoms with Gasteiger partial charge in [0.05, 0.1) is 18.4 Å². The molecule has 0 aliphatic heterocycles. The van der Waals surface area contributed by atoms with E-state index in [1.807, 2.05) is 62.4 Å². The number of amides is 1. The summed E-state index contributed by atoms with van der Waals surface area (Å²) < 4.78 is 16.1. The zero-order chi connectivity index (χ0) is 17.4. The first-order valence-corrected chi connectivity index (χ1v) is 8.28. The molecule has 24 heavy (non-hydrogen) atoms. The average Bonchev–Trinajstić information content (AvgIpc) is 2.59. The number of hydrogen-bond acceptors (Lipinski definition) is 5. The molecule has 0 aromatic heterocycles. The third-order valence-corrected chi connectivity index (χ3v) is 3.51. The van der Waals surface area contributed by atoms with Crippen molar-refractivity contribution in [2.75, 3.05) is 11.9 Å². The van der Waals surface area contributed by atoms with Crippen molar-refractivity contribution in [3.05, 3.63) is 60.2 Å². The van der Waals surface area contributed by atoms with E-state index in [9.17, 15) is 4.79 Å². The van der Waals surface area contributed by atoms with Crippen LogP contribution in [0.15, 0.2) is 54.6 Å². The van der Waals surface area contributed by atoms with E-state index in [2.05, 4.69) is 0 Å². The van der Waals surface area contributed by atoms with E-state index in [0.717, 1.165) is 5.56 Å². The molecule has 0 spiro atoms. The number of carbonyl (C=O) groups excluding carboxylic acids is 1. The maximum Gasteiger partial charge on any atom is 0.428 e. The summed E-state index contributed by atoms with van der Waals surface area (Å²) in [4.78, 5) is 13.5. The van der Waals surface area contributed by atoms with E-state index < -0.39 is 6.09 Å². The molecule has 1 amide bonds. The Balaban J connectivity index is 1.86. The Morgan fingerprint density at radius 3 is 2.46 bits per heavy atom. The first-order valence-electron chi connectivity index (χ1n) is 7.61. The highest BCUT2D eigenvalue weighted by atomic mass is 32.2. The Hall–Kier alpha value is -2.18. The standard InChI is InChI=1S/C18H21NO4S/c1-14(2)22-17-12-8-7-11-16(17)19(3)18(20)23-24-21-13-15-9-5-4-6-10-15/h4-12,14H,13H2,1-3H3. The SMILES string of the molecule is CC(C)Oc1ccccc1N(C)C(=O)OSOCc1ccccc1. The fraction of sp³-hybridized carbons (Fsp3) is 0.278. The predicted octanol–water partition coefficient (Wildman–Crippen LogP) is 4.83. The number of benzene rings is 2. The van der Waals surface area contributed by atoms with Gasteiger partial charge in [0, 0.05) is 7.05 Å². The van der Waals surface area contributed by atoms with E-state index in [4.69, 9.17) is 13.1 Å². The summed E-state index contributed by atoms with van der Waals surface area (Å²) in [7, 11) is 1.63. The van der Waals surface area contributed by atoms with Gasteiger partial charge in [-0.3, -0.25) is 9.08 Å². The lowest BCUT2D eigenvalue weighted by Gasteiger charge is -2.20. The van der Waals surface area contributed by atoms with Gasteiger partial charge in [0.2, 0.25) is 12.3 Å². The van der Waals surface area contributed by atoms with Crippen LogP contribution in [0.25, 0.3) is 0 Å². The van der Waals surface area contributed by atoms with Crippen LogP contribution in [-0.4, -0.2) is 19.2 Å². The van der Waals surface area contributed by atoms with Crippen LogP contribution in [-0.2, 0) is 15.0 Å². The fourth-order valence-electron chi connectivity index (χ4n) is 1.96. The molecule has 0 radical (unpaired) electrons. The molecule has 2 rings (SSSR count). The molecule has 0 heterocycles. The maximum absolute atomic E-state index is 12.1. The Morgan fingerprint density at radius 1 is 1.08 bits per heavy atom. The first-order chi connectivity index (χ1) is 11.6. The van der Waals surface area contributed by atoms with Gasteiger partial charge in [-0.05, 0) is 31.5 Å². The van der Waals surface area contributed by atoms with Crippen LogP contribution in [0, 0.1) is 0 Å². The lowest BCUT2D eigenvalue weighted by molar-refractivity contribution is 0.208. The summed E-state index contributed by atoms with van der Waals surface area (Å²) in [6.07, 6.45) is -0.521. The van der Waals surface area contributed by atoms with Gasteiger partial charge in [-0.15, -0.1) is 0 Å². The first kappa shape index (κ1) is 18.2. The third kappa shape index (κ3) is 5.47. The highest BCUT2D eigenvalue weighted by Gasteiger charge is 2.18. The quantitative estimate of drug-likeness (QED) is 0.530. The highest BCUT2D eigenvalue weighted by Crippen LogP contribution is 2.29. The molecule has 0 saturated carbocycles. The third-order valence-electron chi connectivity index (χ3n) is 3.08. The minimum atomic E-state index is -0.534. The van der Waals surface area contributed by atoms with Crippen LogP contribution >= 0.6 is 12.3 Å². The van der Waals surface area contributed by atoms with Crippen LogP contribution in [0.2, 0.25) is 0 Å². The lowest BCUT2D eigenvalue weighted by atomic mass is 10.2. The number of hydrogen-bond donors (Lipinski definition) is 0. The molecule has 0 aliphatic rings. The lowest BCUT2D eigenvalue weighted by Crippen LogP contribution is -2.26. The minimum absolute atomic E-state index is 0.0131. The topological polar surface area (TPSA) is 48.0 Å². The van der Waals surface area contributed by atoms with Gasteiger partial charge in [-0.1, -0.05) is 42.5 Å². The summed E-state index contributed by atoms with van der Waals surface area (Å²) >= 11 is 0.667. The van der Waals surface area contributed by atoms with Crippen molar-refractivity contribution >= 4 is 24.1 Å². The van der Waals surface area contributed by atoms with Crippen molar-refractivity contribution in [1.29, 1.82) is 0 Å². The van der Waals surface area contributed by atoms with Crippen molar-refractivity contribution in [3.63, 3.8) is 0 Å². The Morgan fingerprint density at radius 2 is 1.75 bits per heavy atom. The Labute approximate surface area is 146 Å². The fourth-order valence-corrected chi connectivity index (χ4v) is 2.36. The number of rotatable bonds is 7. The molecule has 0 unspecified atom stereocenters. The summed E-state index contributed by atoms with van der Waals surface area (Å²) in [6.45, 7) is 4.22. The molecule has 0 saturated heterocycles. The second-order valence-electron chi connectivity index (χ2n) is 5.36. The van der Waals surface area contributed by atoms with Crippen LogP contribution in [0.5, 0.6) is 5.75 Å². The normalized spacial score (nSPS) is 10.5. The molecule has 5 nitrogen and oxygen atoms in total. The summed E-state index contributed by atoms with van der Waals surface area (Å²) in [5.41, 5.74) is 1.64. The summed E-state index contributed by atoms with van der Waals surface area (Å²) in [6, 6.07) is 17.0. The van der Waals surface area contributed by atoms with Crippen molar-refractivity contribution in [3.8, 4) is 5.75 Å². The largest absolute Gasteiger partial charge is 0.489 e. The second-order valence-corrected chi connectivity index (χ2v) is 5.90. The number of carbonyl (C=O) groups is 1. The molecular weight excluding hydrogens is 326 g/mol. The van der Waals surface area contributed by atoms with E-state index in [0.29, 0.717) is 30.4 Å². The number of ether oxygens (including phenoxy) is 1. The molecule has 2 aromatic rings. The van der Waals surface area contributed by atoms with Crippen molar-refractivity contribution in [2.24, 2.45) is 0 Å². The van der Waals surface area contributed by atoms with E-state index in [-0.39, 0.29) is 6.10 Å². The smallest absolute Gasteiger partial charge is 0.428 e. The molecule has 6 heteroatoms. The number of anilines is 1. The highest BCUT2D eigenvalue weighted by molar-refractivity contribution is 7.90. The second kappa shape index (κ2) is 9.20. The van der Waals surface area contributed by atoms with Gasteiger partial charge < -0.3 is 8.92 Å². The van der Waals surface area contributed by atoms with Crippen molar-refractivity contribution in [1.82, 2.24) is 0 Å².